The Balaban J connectivity index is 1.32. The molecule has 3 nitrogen and oxygen atoms in total. The van der Waals surface area contributed by atoms with Crippen molar-refractivity contribution >= 4 is 10.0 Å². The Hall–Kier alpha value is -6.10. The maximum Gasteiger partial charge on any atom is 0.165 e. The van der Waals surface area contributed by atoms with Crippen molar-refractivity contribution in [1.29, 1.82) is 0 Å². The van der Waals surface area contributed by atoms with E-state index in [1.807, 2.05) is 24.3 Å². The summed E-state index contributed by atoms with van der Waals surface area (Å²) in [4.78, 5) is 20.9. The molecule has 9 rings (SSSR count). The minimum Gasteiger partial charge on any atom is -0.208 e. The second-order valence-electron chi connectivity index (χ2n) is 13.0. The van der Waals surface area contributed by atoms with Crippen LogP contribution in [0.25, 0.3) is 56.4 Å². The molecule has 8 aromatic rings. The second kappa shape index (κ2) is 12.7. The lowest BCUT2D eigenvalue weighted by Crippen LogP contribution is -2.06. The van der Waals surface area contributed by atoms with Crippen molar-refractivity contribution in [3.63, 3.8) is 0 Å². The molecule has 7 aromatic carbocycles. The van der Waals surface area contributed by atoms with Crippen LogP contribution >= 0.6 is 10.0 Å². The van der Waals surface area contributed by atoms with Crippen LogP contribution in [-0.4, -0.2) is 15.0 Å². The molecular weight excluding hydrogens is 639 g/mol. The van der Waals surface area contributed by atoms with E-state index in [1.165, 1.54) is 47.4 Å². The molecule has 0 unspecified atom stereocenters. The van der Waals surface area contributed by atoms with Crippen LogP contribution in [0.5, 0.6) is 0 Å². The van der Waals surface area contributed by atoms with Crippen molar-refractivity contribution in [2.75, 3.05) is 0 Å². The van der Waals surface area contributed by atoms with Gasteiger partial charge in [-0.15, -0.1) is 10.0 Å². The first-order valence-corrected chi connectivity index (χ1v) is 18.9. The standard InChI is InChI=1S/C47H35N3S/c1-32-20-28-38(29-21-32)51(39-30-22-33(2)23-31-39)43-19-10-9-16-40(43)41-17-11-18-42(44(41)51)47-49-45(36-14-7-4-8-15-36)48-46(50-47)37-26-24-35(25-27-37)34-12-5-3-6-13-34/h3-31H,1-2H3. The van der Waals surface area contributed by atoms with E-state index in [2.05, 4.69) is 166 Å². The highest BCUT2D eigenvalue weighted by atomic mass is 32.3. The first kappa shape index (κ1) is 30.9. The molecular formula is C47H35N3S. The minimum atomic E-state index is -1.94. The maximum atomic E-state index is 5.31. The van der Waals surface area contributed by atoms with Crippen LogP contribution < -0.4 is 0 Å². The fourth-order valence-electron chi connectivity index (χ4n) is 7.22. The van der Waals surface area contributed by atoms with Gasteiger partial charge in [0.05, 0.1) is 0 Å². The van der Waals surface area contributed by atoms with E-state index in [-0.39, 0.29) is 0 Å². The number of hydrogen-bond donors (Lipinski definition) is 0. The van der Waals surface area contributed by atoms with Crippen molar-refractivity contribution in [3.05, 3.63) is 187 Å². The molecule has 4 heteroatoms. The summed E-state index contributed by atoms with van der Waals surface area (Å²) in [5.74, 6) is 1.98. The summed E-state index contributed by atoms with van der Waals surface area (Å²) in [5, 5.41) is 0. The summed E-state index contributed by atoms with van der Waals surface area (Å²) in [6.07, 6.45) is 0. The minimum absolute atomic E-state index is 0.651. The Morgan fingerprint density at radius 2 is 0.765 bits per heavy atom. The molecule has 51 heavy (non-hydrogen) atoms. The van der Waals surface area contributed by atoms with E-state index in [1.54, 1.807) is 0 Å². The Morgan fingerprint density at radius 3 is 1.37 bits per heavy atom. The SMILES string of the molecule is Cc1ccc(S2(c3ccc(C)cc3)c3ccccc3-c3cccc(-c4nc(-c5ccccc5)nc(-c5ccc(-c6ccccc6)cc5)n4)c32)cc1. The number of benzene rings is 7. The van der Waals surface area contributed by atoms with Crippen molar-refractivity contribution in [1.82, 2.24) is 15.0 Å². The topological polar surface area (TPSA) is 38.7 Å². The van der Waals surface area contributed by atoms with E-state index in [9.17, 15) is 0 Å². The Kier molecular flexibility index (Phi) is 7.67. The molecule has 244 valence electrons. The van der Waals surface area contributed by atoms with Crippen LogP contribution in [0.1, 0.15) is 11.1 Å². The van der Waals surface area contributed by atoms with Crippen LogP contribution in [0.15, 0.2) is 196 Å². The molecule has 0 spiro atoms. The van der Waals surface area contributed by atoms with Gasteiger partial charge >= 0.3 is 0 Å². The largest absolute Gasteiger partial charge is 0.208 e. The zero-order valence-corrected chi connectivity index (χ0v) is 29.3. The normalized spacial score (nSPS) is 13.3. The van der Waals surface area contributed by atoms with Crippen LogP contribution in [0.4, 0.5) is 0 Å². The summed E-state index contributed by atoms with van der Waals surface area (Å²) in [7, 11) is -1.94. The average molecular weight is 674 g/mol. The third-order valence-electron chi connectivity index (χ3n) is 9.74. The summed E-state index contributed by atoms with van der Waals surface area (Å²) in [6.45, 7) is 4.31. The number of hydrogen-bond acceptors (Lipinski definition) is 3. The van der Waals surface area contributed by atoms with Crippen molar-refractivity contribution in [3.8, 4) is 56.4 Å². The van der Waals surface area contributed by atoms with Crippen LogP contribution in [0, 0.1) is 13.8 Å². The predicted molar refractivity (Wildman–Crippen MR) is 210 cm³/mol. The van der Waals surface area contributed by atoms with Crippen LogP contribution in [0.3, 0.4) is 0 Å². The third kappa shape index (κ3) is 5.27. The molecule has 1 aliphatic heterocycles. The van der Waals surface area contributed by atoms with Gasteiger partial charge in [0.15, 0.2) is 17.5 Å². The van der Waals surface area contributed by atoms with Crippen molar-refractivity contribution < 1.29 is 0 Å². The molecule has 0 saturated heterocycles. The first-order valence-electron chi connectivity index (χ1n) is 17.3. The fourth-order valence-corrected chi connectivity index (χ4v) is 11.6. The van der Waals surface area contributed by atoms with Gasteiger partial charge in [0.25, 0.3) is 0 Å². The van der Waals surface area contributed by atoms with Gasteiger partial charge in [-0.05, 0) is 66.4 Å². The molecule has 2 heterocycles. The van der Waals surface area contributed by atoms with E-state index in [4.69, 9.17) is 15.0 Å². The van der Waals surface area contributed by atoms with Crippen molar-refractivity contribution in [2.45, 2.75) is 33.4 Å². The third-order valence-corrected chi connectivity index (χ3v) is 13.8. The van der Waals surface area contributed by atoms with E-state index >= 15 is 0 Å². The monoisotopic (exact) mass is 673 g/mol. The van der Waals surface area contributed by atoms with Crippen LogP contribution in [-0.2, 0) is 0 Å². The first-order chi connectivity index (χ1) is 25.1. The molecule has 0 fully saturated rings. The average Bonchev–Trinajstić information content (AvgIpc) is 3.50. The van der Waals surface area contributed by atoms with E-state index in [0.29, 0.717) is 17.5 Å². The van der Waals surface area contributed by atoms with Crippen LogP contribution in [0.2, 0.25) is 0 Å². The second-order valence-corrected chi connectivity index (χ2v) is 16.0. The van der Waals surface area contributed by atoms with Gasteiger partial charge in [0.1, 0.15) is 0 Å². The van der Waals surface area contributed by atoms with E-state index < -0.39 is 10.0 Å². The molecule has 0 atom stereocenters. The van der Waals surface area contributed by atoms with Gasteiger partial charge < -0.3 is 0 Å². The smallest absolute Gasteiger partial charge is 0.165 e. The number of aryl methyl sites for hydroxylation is 2. The number of nitrogens with zero attached hydrogens (tertiary/aromatic N) is 3. The molecule has 0 aliphatic carbocycles. The molecule has 1 aromatic heterocycles. The highest BCUT2D eigenvalue weighted by Gasteiger charge is 2.44. The lowest BCUT2D eigenvalue weighted by molar-refractivity contribution is 1.07. The number of aromatic nitrogens is 3. The molecule has 0 amide bonds. The Bertz CT molecular complexity index is 2460. The van der Waals surface area contributed by atoms with Crippen molar-refractivity contribution in [2.24, 2.45) is 0 Å². The summed E-state index contributed by atoms with van der Waals surface area (Å²) in [6, 6.07) is 63.1. The zero-order valence-electron chi connectivity index (χ0n) is 28.5. The highest BCUT2D eigenvalue weighted by molar-refractivity contribution is 8.34. The molecule has 1 aliphatic rings. The van der Waals surface area contributed by atoms with E-state index in [0.717, 1.165) is 22.3 Å². The van der Waals surface area contributed by atoms with Gasteiger partial charge in [-0.25, -0.2) is 15.0 Å². The lowest BCUT2D eigenvalue weighted by atomic mass is 10.0. The Labute approximate surface area is 300 Å². The molecule has 0 N–H and O–H groups in total. The predicted octanol–water partition coefficient (Wildman–Crippen LogP) is 12.5. The summed E-state index contributed by atoms with van der Waals surface area (Å²) < 4.78 is 0. The molecule has 0 bridgehead atoms. The number of rotatable bonds is 6. The van der Waals surface area contributed by atoms with Gasteiger partial charge in [-0.3, -0.25) is 0 Å². The van der Waals surface area contributed by atoms with Gasteiger partial charge in [0.2, 0.25) is 0 Å². The fraction of sp³-hybridized carbons (Fsp3) is 0.0426. The highest BCUT2D eigenvalue weighted by Crippen LogP contribution is 2.81. The quantitative estimate of drug-likeness (QED) is 0.176. The Morgan fingerprint density at radius 1 is 0.333 bits per heavy atom. The maximum absolute atomic E-state index is 5.31. The lowest BCUT2D eigenvalue weighted by Gasteiger charge is -2.40. The molecule has 0 radical (unpaired) electrons. The molecule has 0 saturated carbocycles. The van der Waals surface area contributed by atoms with Gasteiger partial charge in [-0.1, -0.05) is 157 Å². The summed E-state index contributed by atoms with van der Waals surface area (Å²) >= 11 is 0. The van der Waals surface area contributed by atoms with Gasteiger partial charge in [0, 0.05) is 36.3 Å². The summed E-state index contributed by atoms with van der Waals surface area (Å²) in [5.41, 5.74) is 10.2. The van der Waals surface area contributed by atoms with Gasteiger partial charge in [-0.2, -0.15) is 0 Å². The zero-order chi connectivity index (χ0) is 34.4. The number of fused-ring (bicyclic) bond motifs is 3.